The summed E-state index contributed by atoms with van der Waals surface area (Å²) in [6.07, 6.45) is 7.24. The molecule has 0 radical (unpaired) electrons. The molecule has 0 N–H and O–H groups in total. The summed E-state index contributed by atoms with van der Waals surface area (Å²) in [7, 11) is 0. The summed E-state index contributed by atoms with van der Waals surface area (Å²) in [4.78, 5) is 2.35. The molecule has 3 aromatic carbocycles. The van der Waals surface area contributed by atoms with Crippen molar-refractivity contribution in [3.05, 3.63) is 77.4 Å². The number of anilines is 3. The summed E-state index contributed by atoms with van der Waals surface area (Å²) in [6.45, 7) is 11.3. The first-order valence-corrected chi connectivity index (χ1v) is 12.2. The van der Waals surface area contributed by atoms with E-state index in [1.807, 2.05) is 0 Å². The van der Waals surface area contributed by atoms with Gasteiger partial charge in [-0.1, -0.05) is 71.2 Å². The van der Waals surface area contributed by atoms with Crippen molar-refractivity contribution in [1.82, 2.24) is 0 Å². The lowest BCUT2D eigenvalue weighted by atomic mass is 9.80. The number of unbranched alkanes of at least 4 members (excludes halogenated alkanes) is 2. The van der Waals surface area contributed by atoms with Crippen LogP contribution in [0.3, 0.4) is 0 Å². The predicted molar refractivity (Wildman–Crippen MR) is 137 cm³/mol. The minimum Gasteiger partial charge on any atom is -0.453 e. The SMILES string of the molecule is CCCCc1ccc(N2c3ccc(C)cc3Oc3cc(C(C)(C)CCCC)ccc32)cc1. The normalized spacial score (nSPS) is 12.8. The van der Waals surface area contributed by atoms with Crippen LogP contribution in [0, 0.1) is 6.92 Å². The van der Waals surface area contributed by atoms with E-state index < -0.39 is 0 Å². The first-order chi connectivity index (χ1) is 15.4. The minimum absolute atomic E-state index is 0.132. The van der Waals surface area contributed by atoms with Gasteiger partial charge in [0.25, 0.3) is 0 Å². The van der Waals surface area contributed by atoms with Gasteiger partial charge in [-0.05, 0) is 84.7 Å². The summed E-state index contributed by atoms with van der Waals surface area (Å²) in [5, 5.41) is 0. The van der Waals surface area contributed by atoms with E-state index in [1.165, 1.54) is 54.5 Å². The van der Waals surface area contributed by atoms with Crippen molar-refractivity contribution in [3.63, 3.8) is 0 Å². The van der Waals surface area contributed by atoms with E-state index >= 15 is 0 Å². The van der Waals surface area contributed by atoms with E-state index in [1.54, 1.807) is 0 Å². The standard InChI is InChI=1S/C30H37NO/c1-6-8-10-23-12-15-25(16-13-23)31-26-17-11-22(3)20-28(26)32-29-21-24(14-18-27(29)31)30(4,5)19-9-7-2/h11-18,20-21H,6-10,19H2,1-5H3. The molecule has 0 aliphatic carbocycles. The lowest BCUT2D eigenvalue weighted by molar-refractivity contribution is 0.447. The van der Waals surface area contributed by atoms with E-state index in [4.69, 9.17) is 4.74 Å². The number of hydrogen-bond acceptors (Lipinski definition) is 2. The van der Waals surface area contributed by atoms with E-state index in [0.717, 1.165) is 29.3 Å². The fourth-order valence-electron chi connectivity index (χ4n) is 4.57. The van der Waals surface area contributed by atoms with Gasteiger partial charge in [0.15, 0.2) is 11.5 Å². The Labute approximate surface area is 194 Å². The Kier molecular flexibility index (Phi) is 6.60. The van der Waals surface area contributed by atoms with Crippen LogP contribution < -0.4 is 9.64 Å². The van der Waals surface area contributed by atoms with Gasteiger partial charge in [-0.3, -0.25) is 0 Å². The molecule has 1 aliphatic rings. The Bertz CT molecular complexity index is 1060. The minimum atomic E-state index is 0.132. The topological polar surface area (TPSA) is 12.5 Å². The van der Waals surface area contributed by atoms with Gasteiger partial charge in [0.2, 0.25) is 0 Å². The lowest BCUT2D eigenvalue weighted by Gasteiger charge is -2.34. The van der Waals surface area contributed by atoms with Gasteiger partial charge in [0.05, 0.1) is 11.4 Å². The highest BCUT2D eigenvalue weighted by molar-refractivity contribution is 5.86. The molecule has 3 aromatic rings. The molecule has 0 bridgehead atoms. The average Bonchev–Trinajstić information content (AvgIpc) is 2.80. The Morgan fingerprint density at radius 1 is 0.781 bits per heavy atom. The van der Waals surface area contributed by atoms with Crippen LogP contribution in [-0.4, -0.2) is 0 Å². The number of rotatable bonds is 8. The molecule has 0 aromatic heterocycles. The Balaban J connectivity index is 1.76. The van der Waals surface area contributed by atoms with Crippen molar-refractivity contribution in [3.8, 4) is 11.5 Å². The molecular weight excluding hydrogens is 390 g/mol. The van der Waals surface area contributed by atoms with Crippen molar-refractivity contribution in [2.24, 2.45) is 0 Å². The number of aryl methyl sites for hydroxylation is 2. The van der Waals surface area contributed by atoms with E-state index in [-0.39, 0.29) is 5.41 Å². The maximum atomic E-state index is 6.49. The quantitative estimate of drug-likeness (QED) is 0.278. The summed E-state index contributed by atoms with van der Waals surface area (Å²) in [6, 6.07) is 22.3. The summed E-state index contributed by atoms with van der Waals surface area (Å²) in [5.41, 5.74) is 7.48. The lowest BCUT2D eigenvalue weighted by Crippen LogP contribution is -2.19. The van der Waals surface area contributed by atoms with Gasteiger partial charge in [-0.15, -0.1) is 0 Å². The molecule has 0 saturated carbocycles. The molecule has 32 heavy (non-hydrogen) atoms. The molecular formula is C30H37NO. The summed E-state index contributed by atoms with van der Waals surface area (Å²) < 4.78 is 6.49. The smallest absolute Gasteiger partial charge is 0.151 e. The van der Waals surface area contributed by atoms with Gasteiger partial charge < -0.3 is 9.64 Å². The third-order valence-electron chi connectivity index (χ3n) is 6.73. The first-order valence-electron chi connectivity index (χ1n) is 12.2. The second-order valence-corrected chi connectivity index (χ2v) is 9.85. The maximum absolute atomic E-state index is 6.49. The molecule has 4 rings (SSSR count). The van der Waals surface area contributed by atoms with Crippen LogP contribution in [0.4, 0.5) is 17.1 Å². The second kappa shape index (κ2) is 9.40. The zero-order valence-corrected chi connectivity index (χ0v) is 20.4. The molecule has 0 atom stereocenters. The molecule has 1 aliphatic heterocycles. The Morgan fingerprint density at radius 2 is 1.44 bits per heavy atom. The van der Waals surface area contributed by atoms with E-state index in [9.17, 15) is 0 Å². The molecule has 1 heterocycles. The monoisotopic (exact) mass is 427 g/mol. The summed E-state index contributed by atoms with van der Waals surface area (Å²) >= 11 is 0. The average molecular weight is 428 g/mol. The largest absolute Gasteiger partial charge is 0.453 e. The summed E-state index contributed by atoms with van der Waals surface area (Å²) in [5.74, 6) is 1.87. The zero-order valence-electron chi connectivity index (χ0n) is 20.4. The number of benzene rings is 3. The number of hydrogen-bond donors (Lipinski definition) is 0. The zero-order chi connectivity index (χ0) is 22.7. The molecule has 0 fully saturated rings. The van der Waals surface area contributed by atoms with Crippen LogP contribution in [0.1, 0.15) is 76.5 Å². The van der Waals surface area contributed by atoms with E-state index in [0.29, 0.717) is 0 Å². The van der Waals surface area contributed by atoms with Crippen LogP contribution in [0.25, 0.3) is 0 Å². The highest BCUT2D eigenvalue weighted by atomic mass is 16.5. The van der Waals surface area contributed by atoms with Crippen molar-refractivity contribution in [1.29, 1.82) is 0 Å². The third-order valence-corrected chi connectivity index (χ3v) is 6.73. The van der Waals surface area contributed by atoms with Gasteiger partial charge >= 0.3 is 0 Å². The van der Waals surface area contributed by atoms with E-state index in [2.05, 4.69) is 100 Å². The highest BCUT2D eigenvalue weighted by Crippen LogP contribution is 2.51. The van der Waals surface area contributed by atoms with Crippen molar-refractivity contribution >= 4 is 17.1 Å². The number of ether oxygens (including phenoxy) is 1. The van der Waals surface area contributed by atoms with Gasteiger partial charge in [-0.2, -0.15) is 0 Å². The Hall–Kier alpha value is -2.74. The van der Waals surface area contributed by atoms with Crippen LogP contribution in [0.5, 0.6) is 11.5 Å². The second-order valence-electron chi connectivity index (χ2n) is 9.85. The van der Waals surface area contributed by atoms with Crippen molar-refractivity contribution in [2.75, 3.05) is 4.90 Å². The maximum Gasteiger partial charge on any atom is 0.151 e. The van der Waals surface area contributed by atoms with Crippen LogP contribution in [0.15, 0.2) is 60.7 Å². The van der Waals surface area contributed by atoms with Gasteiger partial charge in [0.1, 0.15) is 0 Å². The molecule has 0 unspecified atom stereocenters. The molecule has 0 saturated heterocycles. The van der Waals surface area contributed by atoms with Gasteiger partial charge in [-0.25, -0.2) is 0 Å². The molecule has 2 heteroatoms. The fraction of sp³-hybridized carbons (Fsp3) is 0.400. The van der Waals surface area contributed by atoms with Crippen LogP contribution in [0.2, 0.25) is 0 Å². The number of nitrogens with zero attached hydrogens (tertiary/aromatic N) is 1. The van der Waals surface area contributed by atoms with Crippen molar-refractivity contribution in [2.45, 2.75) is 78.6 Å². The molecule has 0 amide bonds. The molecule has 0 spiro atoms. The van der Waals surface area contributed by atoms with Gasteiger partial charge in [0, 0.05) is 5.69 Å². The predicted octanol–water partition coefficient (Wildman–Crippen LogP) is 9.38. The first kappa shape index (κ1) is 22.5. The highest BCUT2D eigenvalue weighted by Gasteiger charge is 2.28. The van der Waals surface area contributed by atoms with Crippen LogP contribution >= 0.6 is 0 Å². The van der Waals surface area contributed by atoms with Crippen molar-refractivity contribution < 1.29 is 4.74 Å². The van der Waals surface area contributed by atoms with Crippen LogP contribution in [-0.2, 0) is 11.8 Å². The fourth-order valence-corrected chi connectivity index (χ4v) is 4.57. The molecule has 168 valence electrons. The number of fused-ring (bicyclic) bond motifs is 2. The third kappa shape index (κ3) is 4.55. The Morgan fingerprint density at radius 3 is 2.12 bits per heavy atom. The molecule has 2 nitrogen and oxygen atoms in total.